The van der Waals surface area contributed by atoms with Crippen molar-refractivity contribution in [2.24, 2.45) is 0 Å². The molecular formula is C20H15BrN2O3S. The summed E-state index contributed by atoms with van der Waals surface area (Å²) in [7, 11) is 1.58. The van der Waals surface area contributed by atoms with Crippen LogP contribution in [0.1, 0.15) is 5.56 Å². The Morgan fingerprint density at radius 3 is 2.89 bits per heavy atom. The second kappa shape index (κ2) is 7.17. The first-order valence-electron chi connectivity index (χ1n) is 8.15. The largest absolute Gasteiger partial charge is 0.493 e. The molecule has 0 amide bonds. The van der Waals surface area contributed by atoms with Crippen molar-refractivity contribution in [1.82, 2.24) is 9.38 Å². The van der Waals surface area contributed by atoms with Gasteiger partial charge in [-0.05, 0) is 35.9 Å². The smallest absolute Gasteiger partial charge is 0.274 e. The van der Waals surface area contributed by atoms with Crippen molar-refractivity contribution in [1.29, 1.82) is 0 Å². The summed E-state index contributed by atoms with van der Waals surface area (Å²) in [6, 6.07) is 11.3. The number of aromatic nitrogens is 2. The third-order valence-electron chi connectivity index (χ3n) is 4.07. The number of hydrogen-bond donors (Lipinski definition) is 0. The minimum atomic E-state index is -0.0819. The molecule has 4 aromatic rings. The van der Waals surface area contributed by atoms with E-state index < -0.39 is 0 Å². The van der Waals surface area contributed by atoms with Gasteiger partial charge in [0.05, 0.1) is 22.7 Å². The fourth-order valence-electron chi connectivity index (χ4n) is 2.84. The van der Waals surface area contributed by atoms with E-state index in [1.165, 1.54) is 11.3 Å². The molecule has 0 atom stereocenters. The van der Waals surface area contributed by atoms with E-state index in [0.717, 1.165) is 21.1 Å². The van der Waals surface area contributed by atoms with E-state index in [9.17, 15) is 4.79 Å². The number of fused-ring (bicyclic) bond motifs is 3. The van der Waals surface area contributed by atoms with Crippen molar-refractivity contribution in [3.05, 3.63) is 74.0 Å². The molecule has 2 heterocycles. The minimum absolute atomic E-state index is 0.0819. The molecular weight excluding hydrogens is 428 g/mol. The molecule has 27 heavy (non-hydrogen) atoms. The predicted molar refractivity (Wildman–Crippen MR) is 112 cm³/mol. The van der Waals surface area contributed by atoms with Gasteiger partial charge in [0.25, 0.3) is 5.56 Å². The molecule has 0 N–H and O–H groups in total. The van der Waals surface area contributed by atoms with Crippen molar-refractivity contribution in [3.63, 3.8) is 0 Å². The summed E-state index contributed by atoms with van der Waals surface area (Å²) >= 11 is 4.91. The molecule has 0 aliphatic rings. The highest BCUT2D eigenvalue weighted by atomic mass is 79.9. The zero-order valence-corrected chi connectivity index (χ0v) is 16.8. The average Bonchev–Trinajstić information content (AvgIpc) is 3.18. The molecule has 136 valence electrons. The highest BCUT2D eigenvalue weighted by molar-refractivity contribution is 9.10. The van der Waals surface area contributed by atoms with Crippen LogP contribution in [0.5, 0.6) is 11.5 Å². The molecule has 5 nitrogen and oxygen atoms in total. The van der Waals surface area contributed by atoms with Crippen LogP contribution in [-0.4, -0.2) is 23.1 Å². The van der Waals surface area contributed by atoms with E-state index >= 15 is 0 Å². The lowest BCUT2D eigenvalue weighted by Gasteiger charge is -2.11. The SMILES string of the molecule is C=CCOc1cc(Br)c(/C=c2\sc3nc4ccccc4n3c2=O)cc1OC. The predicted octanol–water partition coefficient (Wildman–Crippen LogP) is 3.79. The van der Waals surface area contributed by atoms with Crippen molar-refractivity contribution in [2.75, 3.05) is 13.7 Å². The first-order chi connectivity index (χ1) is 13.1. The van der Waals surface area contributed by atoms with Gasteiger partial charge in [-0.25, -0.2) is 9.38 Å². The number of methoxy groups -OCH3 is 1. The Labute approximate surface area is 167 Å². The highest BCUT2D eigenvalue weighted by Gasteiger charge is 2.13. The number of nitrogens with zero attached hydrogens (tertiary/aromatic N) is 2. The van der Waals surface area contributed by atoms with E-state index in [-0.39, 0.29) is 5.56 Å². The van der Waals surface area contributed by atoms with Gasteiger partial charge < -0.3 is 9.47 Å². The Balaban J connectivity index is 1.87. The molecule has 4 rings (SSSR count). The molecule has 0 unspecified atom stereocenters. The lowest BCUT2D eigenvalue weighted by Crippen LogP contribution is -2.22. The summed E-state index contributed by atoms with van der Waals surface area (Å²) in [4.78, 5) is 18.1. The van der Waals surface area contributed by atoms with Crippen LogP contribution in [-0.2, 0) is 0 Å². The number of para-hydroxylation sites is 2. The van der Waals surface area contributed by atoms with Crippen LogP contribution in [0.15, 0.2) is 58.3 Å². The summed E-state index contributed by atoms with van der Waals surface area (Å²) in [5.41, 5.74) is 2.38. The van der Waals surface area contributed by atoms with E-state index in [0.29, 0.717) is 27.6 Å². The molecule has 0 fully saturated rings. The summed E-state index contributed by atoms with van der Waals surface area (Å²) in [6.45, 7) is 4.03. The maximum absolute atomic E-state index is 12.9. The Morgan fingerprint density at radius 1 is 1.30 bits per heavy atom. The van der Waals surface area contributed by atoms with Crippen LogP contribution in [0.3, 0.4) is 0 Å². The monoisotopic (exact) mass is 442 g/mol. The van der Waals surface area contributed by atoms with Crippen LogP contribution in [0.25, 0.3) is 22.1 Å². The van der Waals surface area contributed by atoms with Crippen molar-refractivity contribution < 1.29 is 9.47 Å². The average molecular weight is 443 g/mol. The van der Waals surface area contributed by atoms with Gasteiger partial charge in [-0.3, -0.25) is 4.79 Å². The molecule has 0 spiro atoms. The summed E-state index contributed by atoms with van der Waals surface area (Å²) in [5, 5.41) is 0. The molecule has 0 radical (unpaired) electrons. The van der Waals surface area contributed by atoms with Crippen molar-refractivity contribution >= 4 is 49.3 Å². The maximum atomic E-state index is 12.9. The van der Waals surface area contributed by atoms with Gasteiger partial charge >= 0.3 is 0 Å². The second-order valence-electron chi connectivity index (χ2n) is 5.76. The van der Waals surface area contributed by atoms with Gasteiger partial charge in [-0.15, -0.1) is 0 Å². The van der Waals surface area contributed by atoms with Crippen molar-refractivity contribution in [3.8, 4) is 11.5 Å². The van der Waals surface area contributed by atoms with E-state index in [1.54, 1.807) is 17.6 Å². The van der Waals surface area contributed by atoms with Gasteiger partial charge in [0, 0.05) is 4.47 Å². The van der Waals surface area contributed by atoms with Crippen LogP contribution in [0.4, 0.5) is 0 Å². The zero-order valence-electron chi connectivity index (χ0n) is 14.4. The van der Waals surface area contributed by atoms with Crippen molar-refractivity contribution in [2.45, 2.75) is 0 Å². The molecule has 7 heteroatoms. The highest BCUT2D eigenvalue weighted by Crippen LogP contribution is 2.34. The van der Waals surface area contributed by atoms with E-state index in [4.69, 9.17) is 9.47 Å². The number of imidazole rings is 1. The zero-order chi connectivity index (χ0) is 19.0. The third-order valence-corrected chi connectivity index (χ3v) is 5.73. The van der Waals surface area contributed by atoms with Gasteiger partial charge in [0.2, 0.25) is 0 Å². The Morgan fingerprint density at radius 2 is 2.11 bits per heavy atom. The van der Waals surface area contributed by atoms with Gasteiger partial charge in [0.15, 0.2) is 16.5 Å². The number of halogens is 1. The quantitative estimate of drug-likeness (QED) is 0.441. The van der Waals surface area contributed by atoms with E-state index in [1.807, 2.05) is 42.5 Å². The summed E-state index contributed by atoms with van der Waals surface area (Å²) in [5.74, 6) is 1.20. The molecule has 0 saturated heterocycles. The Kier molecular flexibility index (Phi) is 4.72. The minimum Gasteiger partial charge on any atom is -0.493 e. The fourth-order valence-corrected chi connectivity index (χ4v) is 4.25. The first kappa shape index (κ1) is 17.8. The standard InChI is InChI=1S/C20H15BrN2O3S/c1-3-8-26-17-11-13(21)12(9-16(17)25-2)10-18-19(24)23-15-7-5-4-6-14(15)22-20(23)27-18/h3-7,9-11H,1,8H2,2H3/b18-10-. The van der Waals surface area contributed by atoms with Crippen LogP contribution < -0.4 is 19.6 Å². The third kappa shape index (κ3) is 3.13. The van der Waals surface area contributed by atoms with E-state index in [2.05, 4.69) is 27.5 Å². The number of thiazole rings is 1. The van der Waals surface area contributed by atoms with Crippen LogP contribution in [0, 0.1) is 0 Å². The summed E-state index contributed by atoms with van der Waals surface area (Å²) < 4.78 is 14.1. The normalized spacial score (nSPS) is 12.0. The summed E-state index contributed by atoms with van der Waals surface area (Å²) in [6.07, 6.45) is 3.50. The first-order valence-corrected chi connectivity index (χ1v) is 9.76. The lowest BCUT2D eigenvalue weighted by molar-refractivity contribution is 0.326. The number of ether oxygens (including phenoxy) is 2. The van der Waals surface area contributed by atoms with Crippen LogP contribution in [0.2, 0.25) is 0 Å². The molecule has 2 aromatic heterocycles. The topological polar surface area (TPSA) is 52.8 Å². The lowest BCUT2D eigenvalue weighted by atomic mass is 10.2. The Bertz CT molecular complexity index is 1280. The Hall–Kier alpha value is -2.64. The van der Waals surface area contributed by atoms with Gasteiger partial charge in [0.1, 0.15) is 6.61 Å². The molecule has 0 aliphatic heterocycles. The molecule has 0 bridgehead atoms. The second-order valence-corrected chi connectivity index (χ2v) is 7.62. The van der Waals surface area contributed by atoms with Gasteiger partial charge in [-0.1, -0.05) is 52.1 Å². The number of rotatable bonds is 5. The van der Waals surface area contributed by atoms with Crippen LogP contribution >= 0.6 is 27.3 Å². The number of hydrogen-bond acceptors (Lipinski definition) is 5. The number of benzene rings is 2. The maximum Gasteiger partial charge on any atom is 0.274 e. The molecule has 0 aliphatic carbocycles. The molecule has 0 saturated carbocycles. The van der Waals surface area contributed by atoms with Gasteiger partial charge in [-0.2, -0.15) is 0 Å². The molecule has 2 aromatic carbocycles. The fraction of sp³-hybridized carbons (Fsp3) is 0.100.